The van der Waals surface area contributed by atoms with Crippen molar-refractivity contribution in [1.82, 2.24) is 4.90 Å². The zero-order chi connectivity index (χ0) is 16.1. The molecule has 3 rings (SSSR count). The number of aliphatic hydroxyl groups is 1. The number of likely N-dealkylation sites (tertiary alicyclic amines) is 1. The quantitative estimate of drug-likeness (QED) is 0.930. The van der Waals surface area contributed by atoms with E-state index >= 15 is 0 Å². The van der Waals surface area contributed by atoms with Crippen molar-refractivity contribution in [1.29, 1.82) is 0 Å². The summed E-state index contributed by atoms with van der Waals surface area (Å²) in [4.78, 5) is 16.3. The van der Waals surface area contributed by atoms with Crippen LogP contribution in [0.2, 0.25) is 0 Å². The van der Waals surface area contributed by atoms with Gasteiger partial charge in [-0.15, -0.1) is 0 Å². The first kappa shape index (κ1) is 15.3. The van der Waals surface area contributed by atoms with Crippen molar-refractivity contribution in [2.45, 2.75) is 51.7 Å². The second-order valence-electron chi connectivity index (χ2n) is 7.35. The van der Waals surface area contributed by atoms with Gasteiger partial charge in [0, 0.05) is 37.3 Å². The fourth-order valence-corrected chi connectivity index (χ4v) is 3.63. The van der Waals surface area contributed by atoms with E-state index in [1.54, 1.807) is 18.7 Å². The molecule has 0 bridgehead atoms. The van der Waals surface area contributed by atoms with Gasteiger partial charge in [-0.1, -0.05) is 12.1 Å². The largest absolute Gasteiger partial charge is 0.381 e. The molecular formula is C18H26N2O2. The molecule has 0 aromatic heterocycles. The number of carbonyl (C=O) groups excluding carboxylic acids is 1. The third-order valence-corrected chi connectivity index (χ3v) is 4.85. The Kier molecular flexibility index (Phi) is 3.68. The van der Waals surface area contributed by atoms with Gasteiger partial charge in [-0.05, 0) is 51.3 Å². The number of fused-ring (bicyclic) bond motifs is 1. The zero-order valence-corrected chi connectivity index (χ0v) is 14.0. The molecule has 2 heterocycles. The molecule has 120 valence electrons. The van der Waals surface area contributed by atoms with Crippen LogP contribution in [0.1, 0.15) is 44.7 Å². The van der Waals surface area contributed by atoms with E-state index < -0.39 is 5.60 Å². The molecule has 1 aromatic rings. The highest BCUT2D eigenvalue weighted by Crippen LogP contribution is 2.38. The second-order valence-corrected chi connectivity index (χ2v) is 7.35. The number of carbonyl (C=O) groups is 1. The van der Waals surface area contributed by atoms with Gasteiger partial charge in [0.2, 0.25) is 0 Å². The average Bonchev–Trinajstić information content (AvgIpc) is 2.80. The van der Waals surface area contributed by atoms with E-state index in [0.29, 0.717) is 12.0 Å². The Labute approximate surface area is 132 Å². The number of nitrogens with zero attached hydrogens (tertiary/aromatic N) is 2. The van der Waals surface area contributed by atoms with Gasteiger partial charge >= 0.3 is 0 Å². The first-order valence-corrected chi connectivity index (χ1v) is 8.19. The van der Waals surface area contributed by atoms with Gasteiger partial charge in [-0.3, -0.25) is 4.79 Å². The summed E-state index contributed by atoms with van der Waals surface area (Å²) in [5.41, 5.74) is 2.94. The summed E-state index contributed by atoms with van der Waals surface area (Å²) in [6.45, 7) is 10.1. The van der Waals surface area contributed by atoms with Gasteiger partial charge in [-0.2, -0.15) is 0 Å². The molecular weight excluding hydrogens is 276 g/mol. The van der Waals surface area contributed by atoms with Crippen LogP contribution in [-0.2, 0) is 11.2 Å². The molecule has 0 aliphatic carbocycles. The Hall–Kier alpha value is -1.55. The number of amides is 1. The minimum atomic E-state index is -1.27. The van der Waals surface area contributed by atoms with Crippen LogP contribution in [0, 0.1) is 0 Å². The van der Waals surface area contributed by atoms with Gasteiger partial charge in [0.25, 0.3) is 5.91 Å². The molecule has 2 aliphatic heterocycles. The minimum Gasteiger partial charge on any atom is -0.381 e. The van der Waals surface area contributed by atoms with Crippen molar-refractivity contribution in [3.05, 3.63) is 29.3 Å². The fourth-order valence-electron chi connectivity index (χ4n) is 3.63. The standard InChI is InChI=1S/C18H26N2O2/c1-12(2)20-9-8-15-14(6-5-7-16(15)20)13-10-19(11-13)17(21)18(3,4)22/h5-7,12-13,22H,8-11H2,1-4H3. The summed E-state index contributed by atoms with van der Waals surface area (Å²) in [5.74, 6) is 0.244. The predicted molar refractivity (Wildman–Crippen MR) is 88.2 cm³/mol. The van der Waals surface area contributed by atoms with Crippen molar-refractivity contribution in [3.8, 4) is 0 Å². The van der Waals surface area contributed by atoms with Crippen LogP contribution in [0.4, 0.5) is 5.69 Å². The molecule has 0 spiro atoms. The van der Waals surface area contributed by atoms with Crippen LogP contribution in [-0.4, -0.2) is 47.2 Å². The van der Waals surface area contributed by atoms with E-state index in [4.69, 9.17) is 0 Å². The molecule has 22 heavy (non-hydrogen) atoms. The van der Waals surface area contributed by atoms with Gasteiger partial charge < -0.3 is 14.9 Å². The molecule has 0 saturated carbocycles. The number of benzene rings is 1. The molecule has 1 fully saturated rings. The van der Waals surface area contributed by atoms with Gasteiger partial charge in [0.15, 0.2) is 0 Å². The average molecular weight is 302 g/mol. The zero-order valence-electron chi connectivity index (χ0n) is 14.0. The van der Waals surface area contributed by atoms with E-state index in [1.165, 1.54) is 16.8 Å². The monoisotopic (exact) mass is 302 g/mol. The molecule has 4 nitrogen and oxygen atoms in total. The van der Waals surface area contributed by atoms with E-state index in [-0.39, 0.29) is 5.91 Å². The van der Waals surface area contributed by atoms with Crippen LogP contribution in [0.3, 0.4) is 0 Å². The predicted octanol–water partition coefficient (Wildman–Crippen LogP) is 2.15. The van der Waals surface area contributed by atoms with Crippen molar-refractivity contribution in [2.75, 3.05) is 24.5 Å². The number of hydrogen-bond acceptors (Lipinski definition) is 3. The Morgan fingerprint density at radius 1 is 1.32 bits per heavy atom. The lowest BCUT2D eigenvalue weighted by atomic mass is 9.86. The minimum absolute atomic E-state index is 0.167. The first-order valence-electron chi connectivity index (χ1n) is 8.19. The van der Waals surface area contributed by atoms with E-state index in [9.17, 15) is 9.90 Å². The Bertz CT molecular complexity index is 583. The normalized spacial score (nSPS) is 18.6. The van der Waals surface area contributed by atoms with Crippen molar-refractivity contribution in [2.24, 2.45) is 0 Å². The Balaban J connectivity index is 1.76. The van der Waals surface area contributed by atoms with Crippen LogP contribution in [0.15, 0.2) is 18.2 Å². The van der Waals surface area contributed by atoms with Crippen LogP contribution < -0.4 is 4.90 Å². The van der Waals surface area contributed by atoms with E-state index in [0.717, 1.165) is 26.1 Å². The maximum atomic E-state index is 12.1. The molecule has 0 unspecified atom stereocenters. The van der Waals surface area contributed by atoms with Crippen molar-refractivity contribution >= 4 is 11.6 Å². The SMILES string of the molecule is CC(C)N1CCc2c(C3CN(C(=O)C(C)(C)O)C3)cccc21. The van der Waals surface area contributed by atoms with Crippen LogP contribution >= 0.6 is 0 Å². The molecule has 1 aromatic carbocycles. The van der Waals surface area contributed by atoms with Crippen LogP contribution in [0.5, 0.6) is 0 Å². The molecule has 1 N–H and O–H groups in total. The molecule has 2 aliphatic rings. The topological polar surface area (TPSA) is 43.8 Å². The first-order chi connectivity index (χ1) is 10.3. The highest BCUT2D eigenvalue weighted by molar-refractivity contribution is 5.85. The van der Waals surface area contributed by atoms with Gasteiger partial charge in [0.1, 0.15) is 5.60 Å². The number of hydrogen-bond donors (Lipinski definition) is 1. The highest BCUT2D eigenvalue weighted by atomic mass is 16.3. The Morgan fingerprint density at radius 2 is 2.00 bits per heavy atom. The van der Waals surface area contributed by atoms with E-state index in [2.05, 4.69) is 36.9 Å². The lowest BCUT2D eigenvalue weighted by Crippen LogP contribution is -2.55. The third kappa shape index (κ3) is 2.50. The maximum Gasteiger partial charge on any atom is 0.253 e. The second kappa shape index (κ2) is 5.27. The smallest absolute Gasteiger partial charge is 0.253 e. The summed E-state index contributed by atoms with van der Waals surface area (Å²) >= 11 is 0. The van der Waals surface area contributed by atoms with Crippen molar-refractivity contribution < 1.29 is 9.90 Å². The summed E-state index contributed by atoms with van der Waals surface area (Å²) in [7, 11) is 0. The summed E-state index contributed by atoms with van der Waals surface area (Å²) in [6, 6.07) is 7.07. The lowest BCUT2D eigenvalue weighted by Gasteiger charge is -2.42. The molecule has 4 heteroatoms. The Morgan fingerprint density at radius 3 is 2.59 bits per heavy atom. The molecule has 0 radical (unpaired) electrons. The van der Waals surface area contributed by atoms with Gasteiger partial charge in [0.05, 0.1) is 0 Å². The third-order valence-electron chi connectivity index (χ3n) is 4.85. The van der Waals surface area contributed by atoms with Crippen LogP contribution in [0.25, 0.3) is 0 Å². The molecule has 1 saturated heterocycles. The maximum absolute atomic E-state index is 12.1. The van der Waals surface area contributed by atoms with Gasteiger partial charge in [-0.25, -0.2) is 0 Å². The lowest BCUT2D eigenvalue weighted by molar-refractivity contribution is -0.152. The summed E-state index contributed by atoms with van der Waals surface area (Å²) in [6.07, 6.45) is 1.10. The number of anilines is 1. The van der Waals surface area contributed by atoms with E-state index in [1.807, 2.05) is 0 Å². The molecule has 1 amide bonds. The summed E-state index contributed by atoms with van der Waals surface area (Å²) in [5, 5.41) is 9.83. The van der Waals surface area contributed by atoms with Crippen molar-refractivity contribution in [3.63, 3.8) is 0 Å². The number of rotatable bonds is 3. The highest BCUT2D eigenvalue weighted by Gasteiger charge is 2.39. The molecule has 0 atom stereocenters. The fraction of sp³-hybridized carbons (Fsp3) is 0.611. The summed E-state index contributed by atoms with van der Waals surface area (Å²) < 4.78 is 0.